The van der Waals surface area contributed by atoms with Gasteiger partial charge in [-0.2, -0.15) is 0 Å². The van der Waals surface area contributed by atoms with Gasteiger partial charge in [0.1, 0.15) is 17.2 Å². The summed E-state index contributed by atoms with van der Waals surface area (Å²) in [6.45, 7) is 0. The molecule has 0 aliphatic heterocycles. The Morgan fingerprint density at radius 2 is 0.470 bits per heavy atom. The Morgan fingerprint density at radius 3 is 0.903 bits per heavy atom. The second-order valence-electron chi connectivity index (χ2n) is 35.5. The molecule has 0 radical (unpaired) electrons. The number of aromatic nitrogens is 11. The molecule has 0 saturated heterocycles. The average Bonchev–Trinajstić information content (AvgIpc) is 1.53. The fourth-order valence-electron chi connectivity index (χ4n) is 23.2. The number of pyridine rings is 1. The van der Waals surface area contributed by atoms with Gasteiger partial charge in [-0.25, -0.2) is 24.9 Å². The Hall–Kier alpha value is -18.2. The lowest BCUT2D eigenvalue weighted by atomic mass is 10.0. The molecular formula is C123H71N11. The topological polar surface area (TPSA) is 92.5 Å². The first-order valence-electron chi connectivity index (χ1n) is 45.8. The average molecular weight is 1700 g/mol. The third-order valence-corrected chi connectivity index (χ3v) is 28.7. The molecule has 32 rings (SSSR count). The van der Waals surface area contributed by atoms with Gasteiger partial charge in [0, 0.05) is 108 Å². The van der Waals surface area contributed by atoms with Crippen molar-refractivity contribution in [2.24, 2.45) is 0 Å². The van der Waals surface area contributed by atoms with Crippen LogP contribution in [-0.4, -0.2) is 51.8 Å². The van der Waals surface area contributed by atoms with E-state index in [0.29, 0.717) is 0 Å². The van der Waals surface area contributed by atoms with Crippen LogP contribution in [0.2, 0.25) is 0 Å². The summed E-state index contributed by atoms with van der Waals surface area (Å²) < 4.78 is 14.5. The summed E-state index contributed by atoms with van der Waals surface area (Å²) in [5.41, 5.74) is 28.7. The Labute approximate surface area is 762 Å². The molecule has 0 spiro atoms. The van der Waals surface area contributed by atoms with Crippen molar-refractivity contribution in [1.29, 1.82) is 0 Å². The van der Waals surface area contributed by atoms with Crippen LogP contribution in [0, 0.1) is 0 Å². The van der Waals surface area contributed by atoms with Gasteiger partial charge < -0.3 is 13.2 Å². The Morgan fingerprint density at radius 1 is 0.164 bits per heavy atom. The maximum absolute atomic E-state index is 5.55. The lowest BCUT2D eigenvalue weighted by Crippen LogP contribution is -2.04. The van der Waals surface area contributed by atoms with E-state index < -0.39 is 0 Å². The zero-order valence-electron chi connectivity index (χ0n) is 71.9. The summed E-state index contributed by atoms with van der Waals surface area (Å²) in [5.74, 6) is 2.60. The zero-order valence-corrected chi connectivity index (χ0v) is 71.9. The normalized spacial score (nSPS) is 12.3. The van der Waals surface area contributed by atoms with E-state index in [4.69, 9.17) is 24.9 Å². The summed E-state index contributed by atoms with van der Waals surface area (Å²) >= 11 is 0. The summed E-state index contributed by atoms with van der Waals surface area (Å²) in [4.78, 5) is 27.1. The van der Waals surface area contributed by atoms with Crippen LogP contribution in [0.5, 0.6) is 0 Å². The zero-order chi connectivity index (χ0) is 87.2. The second kappa shape index (κ2) is 27.7. The molecule has 0 saturated carbocycles. The molecule has 12 heterocycles. The molecule has 11 nitrogen and oxygen atoms in total. The van der Waals surface area contributed by atoms with E-state index in [1.54, 1.807) is 0 Å². The van der Waals surface area contributed by atoms with Gasteiger partial charge in [-0.05, 0) is 135 Å². The smallest absolute Gasteiger partial charge is 0.165 e. The standard InChI is InChI=1S/2C42H24N4.C39H23N3/c1-2-12-26(13-3-1)39-42(43-32-23-21-25-11-4-5-14-27(25)40(32)44-39)46-35-20-10-17-30-28-15-6-8-18-33(28)45-34-19-9-7-16-29(34)31-22-24-36(46)38(37(30)35)41(31)45;1-2-12-26(13-3-1)39-42(44-40-27-14-5-4-11-25(27)21-23-32(40)43-39)46-35-20-10-17-30-28-15-6-8-18-33(28)45-34-19-9-7-16-29(34)31-22-24-36(46)38(37(30)35)41(31)45;1-2-11-24(12-3-1)30-23-36(40-31-17-7-4-13-25(30)31)41-34-20-10-16-28-26-14-5-8-18-32(26)42-33-19-9-6-15-27(33)29-21-22-35(41)38(37(28)34)39(29)42/h2*1-24H;1-23H. The quantitative estimate of drug-likeness (QED) is 0.155. The van der Waals surface area contributed by atoms with Crippen LogP contribution in [-0.2, 0) is 0 Å². The third kappa shape index (κ3) is 10.0. The molecule has 0 amide bonds. The molecule has 11 heteroatoms. The molecule has 20 aromatic carbocycles. The molecule has 134 heavy (non-hydrogen) atoms. The highest BCUT2D eigenvalue weighted by Gasteiger charge is 2.31. The number of nitrogens with zero attached hydrogens (tertiary/aromatic N) is 11. The van der Waals surface area contributed by atoms with Crippen LogP contribution in [0.1, 0.15) is 0 Å². The van der Waals surface area contributed by atoms with Crippen molar-refractivity contribution < 1.29 is 0 Å². The minimum Gasteiger partial charge on any atom is -0.308 e. The van der Waals surface area contributed by atoms with Gasteiger partial charge in [-0.15, -0.1) is 0 Å². The number of rotatable bonds is 6. The molecule has 0 unspecified atom stereocenters. The number of para-hydroxylation sites is 7. The van der Waals surface area contributed by atoms with E-state index in [9.17, 15) is 0 Å². The lowest BCUT2D eigenvalue weighted by molar-refractivity contribution is 1.08. The van der Waals surface area contributed by atoms with Gasteiger partial charge in [-0.1, -0.05) is 334 Å². The summed E-state index contributed by atoms with van der Waals surface area (Å²) in [5, 5.41) is 28.3. The first-order valence-corrected chi connectivity index (χ1v) is 45.8. The summed E-state index contributed by atoms with van der Waals surface area (Å²) in [6.07, 6.45) is 0. The van der Waals surface area contributed by atoms with E-state index in [0.717, 1.165) is 117 Å². The highest BCUT2D eigenvalue weighted by Crippen LogP contribution is 2.52. The maximum atomic E-state index is 5.55. The van der Waals surface area contributed by atoms with Crippen LogP contribution in [0.3, 0.4) is 0 Å². The minimum absolute atomic E-state index is 0.835. The molecule has 0 N–H and O–H groups in total. The Bertz CT molecular complexity index is 10600. The molecule has 0 fully saturated rings. The minimum atomic E-state index is 0.835. The van der Waals surface area contributed by atoms with Crippen LogP contribution in [0.15, 0.2) is 431 Å². The van der Waals surface area contributed by atoms with Crippen molar-refractivity contribution in [3.8, 4) is 51.1 Å². The Balaban J connectivity index is 0.0000000961. The van der Waals surface area contributed by atoms with Gasteiger partial charge >= 0.3 is 0 Å². The van der Waals surface area contributed by atoms with Gasteiger partial charge in [0.05, 0.1) is 110 Å². The van der Waals surface area contributed by atoms with E-state index >= 15 is 0 Å². The van der Waals surface area contributed by atoms with Gasteiger partial charge in [-0.3, -0.25) is 13.7 Å². The van der Waals surface area contributed by atoms with Crippen molar-refractivity contribution >= 4 is 234 Å². The number of fused-ring (bicyclic) bond motifs is 25. The molecule has 0 atom stereocenters. The third-order valence-electron chi connectivity index (χ3n) is 28.7. The van der Waals surface area contributed by atoms with E-state index in [2.05, 4.69) is 458 Å². The van der Waals surface area contributed by atoms with E-state index in [1.807, 2.05) is 0 Å². The van der Waals surface area contributed by atoms with Crippen molar-refractivity contribution in [3.63, 3.8) is 0 Å². The second-order valence-corrected chi connectivity index (χ2v) is 35.5. The number of benzene rings is 20. The van der Waals surface area contributed by atoms with Crippen molar-refractivity contribution in [3.05, 3.63) is 431 Å². The highest BCUT2D eigenvalue weighted by atomic mass is 15.1. The predicted octanol–water partition coefficient (Wildman–Crippen LogP) is 31.5. The van der Waals surface area contributed by atoms with Crippen molar-refractivity contribution in [2.75, 3.05) is 0 Å². The fourth-order valence-corrected chi connectivity index (χ4v) is 23.2. The molecule has 0 bridgehead atoms. The van der Waals surface area contributed by atoms with E-state index in [-0.39, 0.29) is 0 Å². The first kappa shape index (κ1) is 72.8. The molecule has 32 aromatic rings. The molecule has 12 aromatic heterocycles. The molecule has 618 valence electrons. The van der Waals surface area contributed by atoms with Gasteiger partial charge in [0.15, 0.2) is 11.6 Å². The predicted molar refractivity (Wildman–Crippen MR) is 559 cm³/mol. The fraction of sp³-hybridized carbons (Fsp3) is 0. The lowest BCUT2D eigenvalue weighted by Gasteiger charge is -2.15. The van der Waals surface area contributed by atoms with Crippen LogP contribution >= 0.6 is 0 Å². The van der Waals surface area contributed by atoms with Crippen LogP contribution in [0.25, 0.3) is 285 Å². The van der Waals surface area contributed by atoms with E-state index in [1.165, 1.54) is 169 Å². The molecule has 0 aliphatic carbocycles. The Kier molecular flexibility index (Phi) is 15.0. The van der Waals surface area contributed by atoms with Crippen molar-refractivity contribution in [2.45, 2.75) is 0 Å². The molecular weight excluding hydrogens is 1630 g/mol. The van der Waals surface area contributed by atoms with Crippen molar-refractivity contribution in [1.82, 2.24) is 51.8 Å². The summed E-state index contributed by atoms with van der Waals surface area (Å²) in [6, 6.07) is 154. The van der Waals surface area contributed by atoms with Gasteiger partial charge in [0.2, 0.25) is 0 Å². The first-order chi connectivity index (χ1) is 66.6. The largest absolute Gasteiger partial charge is 0.308 e. The number of hydrogen-bond donors (Lipinski definition) is 0. The SMILES string of the molecule is c1ccc(-c2cc(-n3c4cccc5c6ccccc6n6c7ccccc7c7ccc3c(c54)c76)nc3ccccc23)cc1.c1ccc(-c2nc3c(ccc4ccccc43)nc2-n2c3cccc4c5ccccc5n5c6ccccc6c6ccc2c(c43)c65)cc1.c1ccc(-c2nc3ccc4ccccc4c3nc2-n2c3cccc4c5ccccc5n5c6ccccc6c6ccc2c(c43)c65)cc1. The highest BCUT2D eigenvalue weighted by molar-refractivity contribution is 6.37. The van der Waals surface area contributed by atoms with Crippen LogP contribution < -0.4 is 0 Å². The van der Waals surface area contributed by atoms with Gasteiger partial charge in [0.25, 0.3) is 0 Å². The maximum Gasteiger partial charge on any atom is 0.165 e. The summed E-state index contributed by atoms with van der Waals surface area (Å²) in [7, 11) is 0. The number of hydrogen-bond acceptors (Lipinski definition) is 5. The monoisotopic (exact) mass is 1700 g/mol. The molecule has 0 aliphatic rings. The van der Waals surface area contributed by atoms with Crippen LogP contribution in [0.4, 0.5) is 0 Å².